The zero-order chi connectivity index (χ0) is 20.7. The van der Waals surface area contributed by atoms with Crippen LogP contribution in [0, 0.1) is 6.92 Å². The lowest BCUT2D eigenvalue weighted by Crippen LogP contribution is -2.23. The van der Waals surface area contributed by atoms with Crippen LogP contribution in [0.1, 0.15) is 29.8 Å². The Labute approximate surface area is 169 Å². The third-order valence-corrected chi connectivity index (χ3v) is 5.14. The van der Waals surface area contributed by atoms with E-state index in [1.807, 2.05) is 26.0 Å². The first kappa shape index (κ1) is 21.6. The molecule has 0 aliphatic rings. The molecule has 0 unspecified atom stereocenters. The molecule has 0 heterocycles. The molecule has 0 aliphatic carbocycles. The van der Waals surface area contributed by atoms with E-state index in [0.29, 0.717) is 29.4 Å². The number of ether oxygens (including phenoxy) is 3. The Bertz CT molecular complexity index is 853. The maximum absolute atomic E-state index is 12.6. The van der Waals surface area contributed by atoms with Crippen LogP contribution in [0.3, 0.4) is 0 Å². The van der Waals surface area contributed by atoms with Gasteiger partial charge in [0.05, 0.1) is 31.6 Å². The lowest BCUT2D eigenvalue weighted by atomic mass is 10.1. The second-order valence-electron chi connectivity index (χ2n) is 6.02. The van der Waals surface area contributed by atoms with Gasteiger partial charge in [0.1, 0.15) is 0 Å². The van der Waals surface area contributed by atoms with Gasteiger partial charge in [-0.1, -0.05) is 6.07 Å². The van der Waals surface area contributed by atoms with Crippen LogP contribution < -0.4 is 14.8 Å². The highest BCUT2D eigenvalue weighted by molar-refractivity contribution is 8.00. The topological polar surface area (TPSA) is 73.9 Å². The van der Waals surface area contributed by atoms with E-state index in [4.69, 9.17) is 14.2 Å². The predicted octanol–water partition coefficient (Wildman–Crippen LogP) is 4.31. The Morgan fingerprint density at radius 3 is 2.43 bits per heavy atom. The molecule has 0 saturated heterocycles. The second kappa shape index (κ2) is 10.0. The fourth-order valence-electron chi connectivity index (χ4n) is 2.48. The van der Waals surface area contributed by atoms with Crippen LogP contribution in [-0.2, 0) is 9.53 Å². The van der Waals surface area contributed by atoms with E-state index in [1.54, 1.807) is 45.4 Å². The van der Waals surface area contributed by atoms with Crippen molar-refractivity contribution in [3.63, 3.8) is 0 Å². The van der Waals surface area contributed by atoms with Crippen molar-refractivity contribution in [2.45, 2.75) is 30.9 Å². The molecule has 0 radical (unpaired) electrons. The average Bonchev–Trinajstić information content (AvgIpc) is 2.69. The van der Waals surface area contributed by atoms with E-state index in [0.717, 1.165) is 10.5 Å². The van der Waals surface area contributed by atoms with Gasteiger partial charge < -0.3 is 19.5 Å². The summed E-state index contributed by atoms with van der Waals surface area (Å²) >= 11 is 1.40. The number of methoxy groups -OCH3 is 2. The number of thioether (sulfide) groups is 1. The first-order valence-electron chi connectivity index (χ1n) is 8.86. The number of aryl methyl sites for hydroxylation is 1. The molecule has 2 rings (SSSR count). The Balaban J connectivity index is 2.10. The van der Waals surface area contributed by atoms with E-state index in [2.05, 4.69) is 5.32 Å². The molecular formula is C21H25NO5S. The normalized spacial score (nSPS) is 11.5. The number of nitrogens with one attached hydrogen (secondary N) is 1. The SMILES string of the molecule is CCOC(=O)c1ccc(C)c(NC(=O)[C@@H](C)Sc2ccc(OC)c(OC)c2)c1. The lowest BCUT2D eigenvalue weighted by molar-refractivity contribution is -0.115. The van der Waals surface area contributed by atoms with E-state index in [1.165, 1.54) is 11.8 Å². The first-order chi connectivity index (χ1) is 13.4. The number of hydrogen-bond donors (Lipinski definition) is 1. The zero-order valence-electron chi connectivity index (χ0n) is 16.7. The smallest absolute Gasteiger partial charge is 0.338 e. The Morgan fingerprint density at radius 2 is 1.79 bits per heavy atom. The maximum Gasteiger partial charge on any atom is 0.338 e. The Kier molecular flexibility index (Phi) is 7.75. The number of esters is 1. The minimum Gasteiger partial charge on any atom is -0.493 e. The van der Waals surface area contributed by atoms with Crippen molar-refractivity contribution in [2.24, 2.45) is 0 Å². The standard InChI is InChI=1S/C21H25NO5S/c1-6-27-21(24)15-8-7-13(2)17(11-15)22-20(23)14(3)28-16-9-10-18(25-4)19(12-16)26-5/h7-12,14H,6H2,1-5H3,(H,22,23)/t14-/m1/s1. The number of anilines is 1. The Hall–Kier alpha value is -2.67. The molecule has 0 bridgehead atoms. The van der Waals surface area contributed by atoms with Crippen LogP contribution in [0.15, 0.2) is 41.3 Å². The Morgan fingerprint density at radius 1 is 1.07 bits per heavy atom. The van der Waals surface area contributed by atoms with E-state index in [9.17, 15) is 9.59 Å². The third-order valence-electron chi connectivity index (χ3n) is 4.04. The van der Waals surface area contributed by atoms with Gasteiger partial charge in [-0.3, -0.25) is 4.79 Å². The molecule has 0 aliphatic heterocycles. The predicted molar refractivity (Wildman–Crippen MR) is 111 cm³/mol. The summed E-state index contributed by atoms with van der Waals surface area (Å²) in [6.07, 6.45) is 0. The molecule has 0 aromatic heterocycles. The summed E-state index contributed by atoms with van der Waals surface area (Å²) in [5.41, 5.74) is 1.86. The van der Waals surface area contributed by atoms with Gasteiger partial charge in [0, 0.05) is 10.6 Å². The van der Waals surface area contributed by atoms with Crippen LogP contribution in [0.4, 0.5) is 5.69 Å². The van der Waals surface area contributed by atoms with Crippen LogP contribution in [0.25, 0.3) is 0 Å². The molecule has 0 saturated carbocycles. The average molecular weight is 404 g/mol. The van der Waals surface area contributed by atoms with Gasteiger partial charge in [-0.05, 0) is 56.7 Å². The van der Waals surface area contributed by atoms with Crippen molar-refractivity contribution in [1.29, 1.82) is 0 Å². The number of carbonyl (C=O) groups excluding carboxylic acids is 2. The fourth-order valence-corrected chi connectivity index (χ4v) is 3.38. The summed E-state index contributed by atoms with van der Waals surface area (Å²) in [6.45, 7) is 5.74. The molecular weight excluding hydrogens is 378 g/mol. The number of benzene rings is 2. The number of carbonyl (C=O) groups is 2. The highest BCUT2D eigenvalue weighted by Gasteiger charge is 2.18. The van der Waals surface area contributed by atoms with Gasteiger partial charge in [-0.25, -0.2) is 4.79 Å². The van der Waals surface area contributed by atoms with Gasteiger partial charge in [-0.15, -0.1) is 11.8 Å². The van der Waals surface area contributed by atoms with Gasteiger partial charge in [-0.2, -0.15) is 0 Å². The van der Waals surface area contributed by atoms with Crippen molar-refractivity contribution in [1.82, 2.24) is 0 Å². The first-order valence-corrected chi connectivity index (χ1v) is 9.74. The zero-order valence-corrected chi connectivity index (χ0v) is 17.5. The monoisotopic (exact) mass is 403 g/mol. The highest BCUT2D eigenvalue weighted by Crippen LogP contribution is 2.34. The minimum absolute atomic E-state index is 0.163. The fraction of sp³-hybridized carbons (Fsp3) is 0.333. The van der Waals surface area contributed by atoms with Gasteiger partial charge in [0.25, 0.3) is 0 Å². The summed E-state index contributed by atoms with van der Waals surface area (Å²) in [5.74, 6) is 0.670. The summed E-state index contributed by atoms with van der Waals surface area (Å²) < 4.78 is 15.6. The molecule has 0 fully saturated rings. The molecule has 1 atom stereocenters. The van der Waals surface area contributed by atoms with E-state index < -0.39 is 5.97 Å². The maximum atomic E-state index is 12.6. The molecule has 1 amide bonds. The van der Waals surface area contributed by atoms with Crippen molar-refractivity contribution < 1.29 is 23.8 Å². The van der Waals surface area contributed by atoms with E-state index in [-0.39, 0.29) is 11.2 Å². The number of hydrogen-bond acceptors (Lipinski definition) is 6. The van der Waals surface area contributed by atoms with Crippen LogP contribution in [0.2, 0.25) is 0 Å². The quantitative estimate of drug-likeness (QED) is 0.523. The third kappa shape index (κ3) is 5.42. The van der Waals surface area contributed by atoms with Crippen LogP contribution >= 0.6 is 11.8 Å². The second-order valence-corrected chi connectivity index (χ2v) is 7.43. The largest absolute Gasteiger partial charge is 0.493 e. The van der Waals surface area contributed by atoms with Gasteiger partial charge >= 0.3 is 5.97 Å². The highest BCUT2D eigenvalue weighted by atomic mass is 32.2. The molecule has 2 aromatic carbocycles. The van der Waals surface area contributed by atoms with Crippen molar-refractivity contribution in [2.75, 3.05) is 26.1 Å². The summed E-state index contributed by atoms with van der Waals surface area (Å²) in [4.78, 5) is 25.5. The van der Waals surface area contributed by atoms with Crippen molar-refractivity contribution in [3.05, 3.63) is 47.5 Å². The summed E-state index contributed by atoms with van der Waals surface area (Å²) in [6, 6.07) is 10.6. The van der Waals surface area contributed by atoms with Gasteiger partial charge in [0.15, 0.2) is 11.5 Å². The molecule has 1 N–H and O–H groups in total. The number of rotatable bonds is 8. The molecule has 6 nitrogen and oxygen atoms in total. The molecule has 28 heavy (non-hydrogen) atoms. The number of amides is 1. The van der Waals surface area contributed by atoms with E-state index >= 15 is 0 Å². The van der Waals surface area contributed by atoms with Crippen molar-refractivity contribution >= 4 is 29.3 Å². The molecule has 150 valence electrons. The molecule has 2 aromatic rings. The van der Waals surface area contributed by atoms with Crippen LogP contribution in [-0.4, -0.2) is 38.0 Å². The van der Waals surface area contributed by atoms with Crippen molar-refractivity contribution in [3.8, 4) is 11.5 Å². The summed E-state index contributed by atoms with van der Waals surface area (Å²) in [5, 5.41) is 2.54. The summed E-state index contributed by atoms with van der Waals surface area (Å²) in [7, 11) is 3.15. The molecule has 0 spiro atoms. The lowest BCUT2D eigenvalue weighted by Gasteiger charge is -2.15. The van der Waals surface area contributed by atoms with Crippen LogP contribution in [0.5, 0.6) is 11.5 Å². The van der Waals surface area contributed by atoms with Gasteiger partial charge in [0.2, 0.25) is 5.91 Å². The molecule has 7 heteroatoms. The minimum atomic E-state index is -0.411.